The molecule has 1 amide bonds. The molecular weight excluding hydrogens is 384 g/mol. The number of hydrogen-bond acceptors (Lipinski definition) is 7. The highest BCUT2D eigenvalue weighted by atomic mass is 32.2. The van der Waals surface area contributed by atoms with E-state index in [-0.39, 0.29) is 19.3 Å². The molecule has 0 radical (unpaired) electrons. The first-order valence-corrected chi connectivity index (χ1v) is 9.15. The van der Waals surface area contributed by atoms with Crippen LogP contribution in [0.1, 0.15) is 5.56 Å². The van der Waals surface area contributed by atoms with Crippen LogP contribution in [0.3, 0.4) is 0 Å². The van der Waals surface area contributed by atoms with Crippen molar-refractivity contribution in [1.82, 2.24) is 0 Å². The Morgan fingerprint density at radius 3 is 2.78 bits per heavy atom. The van der Waals surface area contributed by atoms with Gasteiger partial charge in [-0.1, -0.05) is 36.1 Å². The molecule has 2 aromatic carbocycles. The van der Waals surface area contributed by atoms with E-state index in [0.717, 1.165) is 5.56 Å². The number of carbonyl (C=O) groups is 1. The summed E-state index contributed by atoms with van der Waals surface area (Å²) in [6.45, 7) is 0.165. The molecule has 0 atom stereocenters. The highest BCUT2D eigenvalue weighted by molar-refractivity contribution is 8.27. The fourth-order valence-corrected chi connectivity index (χ4v) is 3.94. The SMILES string of the molecule is N#CCOc1ccc(/C=C2\SC(=S)N(c3ccc4c(c3)OCO4)C2=O)cc1. The molecule has 0 aromatic heterocycles. The first-order valence-electron chi connectivity index (χ1n) is 7.93. The Morgan fingerprint density at radius 1 is 1.22 bits per heavy atom. The minimum Gasteiger partial charge on any atom is -0.479 e. The highest BCUT2D eigenvalue weighted by Crippen LogP contribution is 2.40. The largest absolute Gasteiger partial charge is 0.479 e. The fourth-order valence-electron chi connectivity index (χ4n) is 2.64. The second-order valence-electron chi connectivity index (χ2n) is 5.57. The Kier molecular flexibility index (Phi) is 4.71. The molecule has 2 aliphatic rings. The van der Waals surface area contributed by atoms with E-state index in [2.05, 4.69) is 0 Å². The lowest BCUT2D eigenvalue weighted by Crippen LogP contribution is -2.27. The molecule has 0 spiro atoms. The summed E-state index contributed by atoms with van der Waals surface area (Å²) in [4.78, 5) is 14.9. The number of ether oxygens (including phenoxy) is 3. The van der Waals surface area contributed by atoms with E-state index in [9.17, 15) is 4.79 Å². The number of amides is 1. The van der Waals surface area contributed by atoms with E-state index in [1.54, 1.807) is 36.4 Å². The molecule has 27 heavy (non-hydrogen) atoms. The maximum absolute atomic E-state index is 12.8. The molecule has 0 aliphatic carbocycles. The van der Waals surface area contributed by atoms with E-state index >= 15 is 0 Å². The fraction of sp³-hybridized carbons (Fsp3) is 0.105. The molecule has 1 fully saturated rings. The molecule has 2 aromatic rings. The average Bonchev–Trinajstić information content (AvgIpc) is 3.25. The Balaban J connectivity index is 1.56. The van der Waals surface area contributed by atoms with Gasteiger partial charge in [-0.3, -0.25) is 9.69 Å². The lowest BCUT2D eigenvalue weighted by molar-refractivity contribution is -0.113. The van der Waals surface area contributed by atoms with Crippen LogP contribution in [-0.2, 0) is 4.79 Å². The number of benzene rings is 2. The number of fused-ring (bicyclic) bond motifs is 1. The molecule has 0 saturated carbocycles. The van der Waals surface area contributed by atoms with Crippen molar-refractivity contribution in [2.45, 2.75) is 0 Å². The zero-order valence-electron chi connectivity index (χ0n) is 13.9. The standard InChI is InChI=1S/C19H12N2O4S2/c20-7-8-23-14-4-1-12(2-5-14)9-17-18(22)21(19(26)27-17)13-3-6-15-16(10-13)25-11-24-15/h1-6,9-10H,8,11H2/b17-9-. The maximum atomic E-state index is 12.8. The van der Waals surface area contributed by atoms with Crippen LogP contribution >= 0.6 is 24.0 Å². The van der Waals surface area contributed by atoms with Crippen LogP contribution in [0.5, 0.6) is 17.2 Å². The Labute approximate surface area is 164 Å². The molecule has 134 valence electrons. The van der Waals surface area contributed by atoms with Gasteiger partial charge in [0.15, 0.2) is 22.4 Å². The number of thiocarbonyl (C=S) groups is 1. The zero-order valence-corrected chi connectivity index (χ0v) is 15.5. The van der Waals surface area contributed by atoms with Crippen molar-refractivity contribution in [1.29, 1.82) is 5.26 Å². The third kappa shape index (κ3) is 3.47. The number of thioether (sulfide) groups is 1. The molecule has 6 nitrogen and oxygen atoms in total. The third-order valence-corrected chi connectivity index (χ3v) is 5.19. The number of carbonyl (C=O) groups excluding carboxylic acids is 1. The summed E-state index contributed by atoms with van der Waals surface area (Å²) < 4.78 is 16.4. The molecule has 0 N–H and O–H groups in total. The van der Waals surface area contributed by atoms with Crippen molar-refractivity contribution in [3.8, 4) is 23.3 Å². The van der Waals surface area contributed by atoms with Crippen molar-refractivity contribution < 1.29 is 19.0 Å². The molecule has 1 saturated heterocycles. The number of rotatable bonds is 4. The van der Waals surface area contributed by atoms with Crippen molar-refractivity contribution >= 4 is 46.0 Å². The predicted octanol–water partition coefficient (Wildman–Crippen LogP) is 3.72. The molecule has 2 heterocycles. The molecule has 8 heteroatoms. The first kappa shape index (κ1) is 17.4. The minimum atomic E-state index is -0.186. The van der Waals surface area contributed by atoms with E-state index in [4.69, 9.17) is 31.7 Å². The van der Waals surface area contributed by atoms with E-state index in [0.29, 0.717) is 32.2 Å². The summed E-state index contributed by atoms with van der Waals surface area (Å²) in [6.07, 6.45) is 1.78. The van der Waals surface area contributed by atoms with Crippen LogP contribution in [-0.4, -0.2) is 23.6 Å². The van der Waals surface area contributed by atoms with Crippen LogP contribution in [0.2, 0.25) is 0 Å². The van der Waals surface area contributed by atoms with E-state index in [1.165, 1.54) is 16.7 Å². The Hall–Kier alpha value is -3.02. The normalized spacial score (nSPS) is 16.7. The highest BCUT2D eigenvalue weighted by Gasteiger charge is 2.34. The van der Waals surface area contributed by atoms with Gasteiger partial charge in [0.05, 0.1) is 10.6 Å². The first-order chi connectivity index (χ1) is 13.2. The smallest absolute Gasteiger partial charge is 0.270 e. The van der Waals surface area contributed by atoms with E-state index in [1.807, 2.05) is 18.2 Å². The average molecular weight is 396 g/mol. The van der Waals surface area contributed by atoms with Crippen LogP contribution < -0.4 is 19.1 Å². The van der Waals surface area contributed by atoms with Gasteiger partial charge in [-0.25, -0.2) is 0 Å². The summed E-state index contributed by atoms with van der Waals surface area (Å²) in [5.74, 6) is 1.66. The molecule has 4 rings (SSSR count). The monoisotopic (exact) mass is 396 g/mol. The Bertz CT molecular complexity index is 996. The molecule has 0 bridgehead atoms. The third-order valence-electron chi connectivity index (χ3n) is 3.89. The van der Waals surface area contributed by atoms with Crippen LogP contribution in [0.15, 0.2) is 47.4 Å². The number of hydrogen-bond donors (Lipinski definition) is 0. The molecule has 0 unspecified atom stereocenters. The molecular formula is C19H12N2O4S2. The minimum absolute atomic E-state index is 0.00641. The lowest BCUT2D eigenvalue weighted by atomic mass is 10.2. The maximum Gasteiger partial charge on any atom is 0.270 e. The van der Waals surface area contributed by atoms with Crippen LogP contribution in [0.25, 0.3) is 6.08 Å². The number of anilines is 1. The predicted molar refractivity (Wildman–Crippen MR) is 106 cm³/mol. The van der Waals surface area contributed by atoms with Crippen molar-refractivity contribution in [2.24, 2.45) is 0 Å². The summed E-state index contributed by atoms with van der Waals surface area (Å²) in [7, 11) is 0. The van der Waals surface area contributed by atoms with Crippen LogP contribution in [0.4, 0.5) is 5.69 Å². The molecule has 2 aliphatic heterocycles. The van der Waals surface area contributed by atoms with Gasteiger partial charge in [0, 0.05) is 6.07 Å². The van der Waals surface area contributed by atoms with E-state index < -0.39 is 0 Å². The zero-order chi connectivity index (χ0) is 18.8. The van der Waals surface area contributed by atoms with Gasteiger partial charge in [0.1, 0.15) is 11.8 Å². The van der Waals surface area contributed by atoms with Gasteiger partial charge in [-0.05, 0) is 35.9 Å². The summed E-state index contributed by atoms with van der Waals surface area (Å²) in [5.41, 5.74) is 1.48. The summed E-state index contributed by atoms with van der Waals surface area (Å²) in [6, 6.07) is 14.4. The lowest BCUT2D eigenvalue weighted by Gasteiger charge is -2.14. The number of nitrogens with zero attached hydrogens (tertiary/aromatic N) is 2. The van der Waals surface area contributed by atoms with Gasteiger partial charge < -0.3 is 14.2 Å². The second kappa shape index (κ2) is 7.31. The van der Waals surface area contributed by atoms with Crippen molar-refractivity contribution in [3.63, 3.8) is 0 Å². The Morgan fingerprint density at radius 2 is 2.00 bits per heavy atom. The summed E-state index contributed by atoms with van der Waals surface area (Å²) >= 11 is 6.64. The van der Waals surface area contributed by atoms with Gasteiger partial charge in [-0.15, -0.1) is 0 Å². The topological polar surface area (TPSA) is 71.8 Å². The van der Waals surface area contributed by atoms with Gasteiger partial charge in [-0.2, -0.15) is 5.26 Å². The number of nitriles is 1. The van der Waals surface area contributed by atoms with Crippen molar-refractivity contribution in [3.05, 3.63) is 52.9 Å². The van der Waals surface area contributed by atoms with Gasteiger partial charge in [0.25, 0.3) is 5.91 Å². The van der Waals surface area contributed by atoms with Gasteiger partial charge in [0.2, 0.25) is 6.79 Å². The van der Waals surface area contributed by atoms with Crippen molar-refractivity contribution in [2.75, 3.05) is 18.3 Å². The quantitative estimate of drug-likeness (QED) is 0.576. The summed E-state index contributed by atoms with van der Waals surface area (Å²) in [5, 5.41) is 8.54. The second-order valence-corrected chi connectivity index (χ2v) is 7.25. The van der Waals surface area contributed by atoms with Gasteiger partial charge >= 0.3 is 0 Å². The van der Waals surface area contributed by atoms with Crippen LogP contribution in [0, 0.1) is 11.3 Å².